The first-order chi connectivity index (χ1) is 28.1. The molecule has 1 aliphatic heterocycles. The maximum absolute atomic E-state index is 15.5. The van der Waals surface area contributed by atoms with Crippen LogP contribution in [0.1, 0.15) is 96.8 Å². The molecule has 1 amide bonds. The van der Waals surface area contributed by atoms with Gasteiger partial charge >= 0.3 is 17.9 Å². The lowest BCUT2D eigenvalue weighted by atomic mass is 9.43. The van der Waals surface area contributed by atoms with Crippen LogP contribution in [-0.2, 0) is 38.1 Å². The Bertz CT molecular complexity index is 2030. The zero-order valence-corrected chi connectivity index (χ0v) is 35.9. The zero-order valence-electron chi connectivity index (χ0n) is 35.1. The number of hydrogen-bond donors (Lipinski definition) is 4. The molecule has 3 aliphatic carbocycles. The molecule has 1 saturated heterocycles. The number of Topliss-reactive ketones (excluding diaryl/α,β-unsaturated/α-hetero) is 2. The number of fused-ring (bicyclic) bond motifs is 5. The van der Waals surface area contributed by atoms with E-state index in [0.717, 1.165) is 11.8 Å². The molecule has 1 aromatic carbocycles. The van der Waals surface area contributed by atoms with Crippen molar-refractivity contribution in [2.24, 2.45) is 28.6 Å². The molecule has 0 radical (unpaired) electrons. The van der Waals surface area contributed by atoms with Crippen molar-refractivity contribution in [3.8, 4) is 0 Å². The summed E-state index contributed by atoms with van der Waals surface area (Å²) in [6, 6.07) is 9.52. The average Bonchev–Trinajstić information content (AvgIpc) is 3.72. The molecule has 60 heavy (non-hydrogen) atoms. The van der Waals surface area contributed by atoms with Crippen molar-refractivity contribution in [3.05, 3.63) is 71.2 Å². The molecule has 11 atom stereocenters. The Hall–Kier alpha value is -4.35. The molecule has 2 aromatic rings. The molecule has 2 bridgehead atoms. The van der Waals surface area contributed by atoms with E-state index in [0.29, 0.717) is 5.75 Å². The second-order valence-corrected chi connectivity index (χ2v) is 18.7. The molecule has 1 aromatic heterocycles. The van der Waals surface area contributed by atoms with Gasteiger partial charge in [-0.3, -0.25) is 19.2 Å². The molecule has 326 valence electrons. The van der Waals surface area contributed by atoms with Crippen molar-refractivity contribution < 1.29 is 67.5 Å². The number of esters is 3. The lowest BCUT2D eigenvalue weighted by molar-refractivity contribution is -0.345. The van der Waals surface area contributed by atoms with Gasteiger partial charge in [0.25, 0.3) is 5.24 Å². The van der Waals surface area contributed by atoms with Gasteiger partial charge in [0.15, 0.2) is 11.7 Å². The Morgan fingerprint density at radius 3 is 2.27 bits per heavy atom. The summed E-state index contributed by atoms with van der Waals surface area (Å²) in [4.78, 5) is 83.0. The van der Waals surface area contributed by atoms with Crippen molar-refractivity contribution in [2.75, 3.05) is 12.4 Å². The molecule has 15 nitrogen and oxygen atoms in total. The maximum Gasteiger partial charge on any atom is 0.338 e. The maximum atomic E-state index is 15.5. The minimum atomic E-state index is -2.31. The second kappa shape index (κ2) is 16.8. The number of aliphatic hydroxyl groups excluding tert-OH is 2. The highest BCUT2D eigenvalue weighted by Gasteiger charge is 2.78. The number of hydrogen-bond acceptors (Lipinski definition) is 15. The van der Waals surface area contributed by atoms with Crippen LogP contribution in [0.2, 0.25) is 0 Å². The van der Waals surface area contributed by atoms with E-state index in [-0.39, 0.29) is 47.8 Å². The number of carbonyl (C=O) groups is 6. The van der Waals surface area contributed by atoms with Crippen LogP contribution in [0, 0.1) is 28.6 Å². The standard InChI is InChI=1S/C44H55NO14S/c1-22(2)20-60-40(53)45-33(28-15-12-16-55-28)34(49)39(52)57-29-19-44(54)37(58-38(51)26-13-10-9-11-14-26)35-42(8,30(48)18-31-43(35,21-56-31)59-25(5)47)36(50)27(17-23(3)46)32(24(29)4)41(44,6)7/h9-16,22,27,29-31,33-35,37,48-49,54H,17-21H2,1-8H3,(H,45,53)/t27-,29+,30+,31-,33+,34-,35+,37+,42-,43+,44-/m1/s1. The van der Waals surface area contributed by atoms with Gasteiger partial charge in [-0.1, -0.05) is 57.7 Å². The highest BCUT2D eigenvalue weighted by molar-refractivity contribution is 8.13. The van der Waals surface area contributed by atoms with Crippen LogP contribution < -0.4 is 5.32 Å². The number of ketones is 2. The Labute approximate surface area is 352 Å². The number of ether oxygens (including phenoxy) is 4. The van der Waals surface area contributed by atoms with Gasteiger partial charge in [-0.15, -0.1) is 0 Å². The quantitative estimate of drug-likeness (QED) is 0.129. The summed E-state index contributed by atoms with van der Waals surface area (Å²) < 4.78 is 29.9. The van der Waals surface area contributed by atoms with Crippen LogP contribution in [0.5, 0.6) is 0 Å². The molecule has 16 heteroatoms. The summed E-state index contributed by atoms with van der Waals surface area (Å²) in [6.45, 7) is 12.4. The number of aliphatic hydroxyl groups is 3. The summed E-state index contributed by atoms with van der Waals surface area (Å²) in [5.41, 5.74) is -6.89. The van der Waals surface area contributed by atoms with E-state index < -0.39 is 112 Å². The van der Waals surface area contributed by atoms with Crippen molar-refractivity contribution in [2.45, 2.75) is 122 Å². The van der Waals surface area contributed by atoms with Gasteiger partial charge in [-0.2, -0.15) is 0 Å². The van der Waals surface area contributed by atoms with Crippen molar-refractivity contribution >= 4 is 46.5 Å². The van der Waals surface area contributed by atoms with Gasteiger partial charge < -0.3 is 44.0 Å². The molecular formula is C44H55NO14S. The van der Waals surface area contributed by atoms with Crippen LogP contribution in [0.3, 0.4) is 0 Å². The van der Waals surface area contributed by atoms with Gasteiger partial charge in [0, 0.05) is 43.3 Å². The summed E-state index contributed by atoms with van der Waals surface area (Å²) in [5.74, 6) is -6.01. The molecule has 0 unspecified atom stereocenters. The molecule has 4 N–H and O–H groups in total. The molecular weight excluding hydrogens is 799 g/mol. The summed E-state index contributed by atoms with van der Waals surface area (Å²) in [5, 5.41) is 39.4. The third kappa shape index (κ3) is 7.74. The van der Waals surface area contributed by atoms with E-state index in [1.54, 1.807) is 39.0 Å². The second-order valence-electron chi connectivity index (χ2n) is 17.7. The summed E-state index contributed by atoms with van der Waals surface area (Å²) in [7, 11) is 0. The van der Waals surface area contributed by atoms with Crippen LogP contribution in [0.15, 0.2) is 64.3 Å². The molecule has 4 aliphatic rings. The van der Waals surface area contributed by atoms with Gasteiger partial charge in [0.05, 0.1) is 35.9 Å². The van der Waals surface area contributed by atoms with Gasteiger partial charge in [0.1, 0.15) is 47.3 Å². The number of amides is 1. The largest absolute Gasteiger partial charge is 0.467 e. The third-order valence-corrected chi connectivity index (χ3v) is 14.3. The van der Waals surface area contributed by atoms with E-state index >= 15 is 4.79 Å². The van der Waals surface area contributed by atoms with Crippen molar-refractivity contribution in [1.82, 2.24) is 5.32 Å². The monoisotopic (exact) mass is 853 g/mol. The van der Waals surface area contributed by atoms with Gasteiger partial charge in [0.2, 0.25) is 0 Å². The third-order valence-electron chi connectivity index (χ3n) is 13.0. The first-order valence-corrected chi connectivity index (χ1v) is 21.2. The fourth-order valence-corrected chi connectivity index (χ4v) is 10.7. The molecule has 6 rings (SSSR count). The lowest BCUT2D eigenvalue weighted by Gasteiger charge is -2.67. The van der Waals surface area contributed by atoms with Gasteiger partial charge in [-0.05, 0) is 62.1 Å². The number of rotatable bonds is 12. The van der Waals surface area contributed by atoms with Crippen LogP contribution in [0.25, 0.3) is 0 Å². The molecule has 0 spiro atoms. The number of thioether (sulfide) groups is 1. The van der Waals surface area contributed by atoms with Crippen molar-refractivity contribution in [3.63, 3.8) is 0 Å². The molecule has 2 saturated carbocycles. The molecule has 3 fully saturated rings. The Kier molecular flexibility index (Phi) is 12.7. The first-order valence-electron chi connectivity index (χ1n) is 20.2. The predicted molar refractivity (Wildman–Crippen MR) is 215 cm³/mol. The van der Waals surface area contributed by atoms with Crippen molar-refractivity contribution in [1.29, 1.82) is 0 Å². The minimum absolute atomic E-state index is 0.0600. The van der Waals surface area contributed by atoms with E-state index in [1.807, 2.05) is 13.8 Å². The molecule has 2 heterocycles. The Morgan fingerprint density at radius 2 is 1.70 bits per heavy atom. The number of furan rings is 1. The summed E-state index contributed by atoms with van der Waals surface area (Å²) in [6.07, 6.45) is -7.39. The Morgan fingerprint density at radius 1 is 1.02 bits per heavy atom. The number of nitrogens with one attached hydrogen (secondary N) is 1. The SMILES string of the molecule is CC(=O)C[C@H]1C(=O)[C@@]2(C)[C@H]([C@H](OC(=O)c3ccccc3)[C@]3(O)C[C@H](OC(=O)[C@H](O)[C@@H](NC(=O)SCC(C)C)c4ccco4)C(C)=C1C3(C)C)[C@]1(OC(C)=O)CO[C@@H]1C[C@@H]2O. The van der Waals surface area contributed by atoms with E-state index in [1.165, 1.54) is 51.3 Å². The first kappa shape index (κ1) is 45.2. The average molecular weight is 854 g/mol. The predicted octanol–water partition coefficient (Wildman–Crippen LogP) is 4.66. The van der Waals surface area contributed by atoms with E-state index in [4.69, 9.17) is 23.4 Å². The minimum Gasteiger partial charge on any atom is -0.467 e. The zero-order chi connectivity index (χ0) is 44.1. The fraction of sp³-hybridized carbons (Fsp3) is 0.591. The number of benzene rings is 1. The van der Waals surface area contributed by atoms with E-state index in [2.05, 4.69) is 5.32 Å². The summed E-state index contributed by atoms with van der Waals surface area (Å²) >= 11 is 0.961. The fourth-order valence-electron chi connectivity index (χ4n) is 10.0. The lowest BCUT2D eigenvalue weighted by Crippen LogP contribution is -2.81. The van der Waals surface area contributed by atoms with Crippen LogP contribution in [0.4, 0.5) is 4.79 Å². The van der Waals surface area contributed by atoms with E-state index in [9.17, 15) is 39.3 Å². The highest BCUT2D eigenvalue weighted by Crippen LogP contribution is 2.65. The topological polar surface area (TPSA) is 225 Å². The van der Waals surface area contributed by atoms with Crippen LogP contribution in [-0.4, -0.2) is 104 Å². The normalized spacial score (nSPS) is 32.8. The van der Waals surface area contributed by atoms with Crippen LogP contribution >= 0.6 is 11.8 Å². The number of carbonyl (C=O) groups excluding carboxylic acids is 6. The smallest absolute Gasteiger partial charge is 0.338 e. The highest BCUT2D eigenvalue weighted by atomic mass is 32.2. The van der Waals surface area contributed by atoms with Gasteiger partial charge in [-0.25, -0.2) is 9.59 Å². The Balaban J connectivity index is 1.52.